The minimum Gasteiger partial charge on any atom is -0.321 e. The molecule has 1 aliphatic heterocycles. The minimum atomic E-state index is -0.319. The van der Waals surface area contributed by atoms with Crippen LogP contribution in [-0.4, -0.2) is 17.5 Å². The van der Waals surface area contributed by atoms with Gasteiger partial charge in [-0.2, -0.15) is 5.10 Å². The number of amides is 2. The molecule has 0 radical (unpaired) electrons. The van der Waals surface area contributed by atoms with E-state index in [9.17, 15) is 9.59 Å². The zero-order chi connectivity index (χ0) is 16.2. The number of halogens is 1. The van der Waals surface area contributed by atoms with Crippen molar-refractivity contribution in [1.82, 2.24) is 0 Å². The lowest BCUT2D eigenvalue weighted by Crippen LogP contribution is -2.36. The first-order valence-electron chi connectivity index (χ1n) is 7.16. The van der Waals surface area contributed by atoms with E-state index in [-0.39, 0.29) is 18.2 Å². The Balaban J connectivity index is 1.80. The molecule has 5 nitrogen and oxygen atoms in total. The Morgan fingerprint density at radius 1 is 1.04 bits per heavy atom. The third-order valence-corrected chi connectivity index (χ3v) is 3.65. The topological polar surface area (TPSA) is 61.8 Å². The summed E-state index contributed by atoms with van der Waals surface area (Å²) in [6.45, 7) is 0. The number of para-hydroxylation sites is 1. The standard InChI is InChI=1S/C17H14ClN3O2/c18-12-6-8-13(9-7-12)19-17(23)15-10-11-16(22)21(20-15)14-4-2-1-3-5-14/h1-9H,10-11H2,(H,19,23). The molecule has 3 rings (SSSR count). The second kappa shape index (κ2) is 6.62. The molecule has 6 heteroatoms. The summed E-state index contributed by atoms with van der Waals surface area (Å²) < 4.78 is 0. The predicted molar refractivity (Wildman–Crippen MR) is 90.7 cm³/mol. The molecule has 116 valence electrons. The Hall–Kier alpha value is -2.66. The van der Waals surface area contributed by atoms with Gasteiger partial charge in [-0.1, -0.05) is 29.8 Å². The van der Waals surface area contributed by atoms with Crippen molar-refractivity contribution in [2.75, 3.05) is 10.3 Å². The van der Waals surface area contributed by atoms with Gasteiger partial charge in [-0.05, 0) is 36.4 Å². The van der Waals surface area contributed by atoms with Crippen LogP contribution in [0.4, 0.5) is 11.4 Å². The molecular weight excluding hydrogens is 314 g/mol. The highest BCUT2D eigenvalue weighted by Gasteiger charge is 2.25. The molecular formula is C17H14ClN3O2. The summed E-state index contributed by atoms with van der Waals surface area (Å²) in [7, 11) is 0. The first kappa shape index (κ1) is 15.2. The number of carbonyl (C=O) groups excluding carboxylic acids is 2. The molecule has 0 saturated heterocycles. The molecule has 0 atom stereocenters. The molecule has 2 aromatic rings. The Morgan fingerprint density at radius 2 is 1.74 bits per heavy atom. The third kappa shape index (κ3) is 3.57. The SMILES string of the molecule is O=C(Nc1ccc(Cl)cc1)C1=NN(c2ccccc2)C(=O)CC1. The lowest BCUT2D eigenvalue weighted by atomic mass is 10.1. The first-order chi connectivity index (χ1) is 11.1. The van der Waals surface area contributed by atoms with Gasteiger partial charge in [0.05, 0.1) is 5.69 Å². The van der Waals surface area contributed by atoms with Gasteiger partial charge in [0.25, 0.3) is 5.91 Å². The van der Waals surface area contributed by atoms with Gasteiger partial charge >= 0.3 is 0 Å². The summed E-state index contributed by atoms with van der Waals surface area (Å²) in [5.74, 6) is -0.444. The number of rotatable bonds is 3. The summed E-state index contributed by atoms with van der Waals surface area (Å²) in [5.41, 5.74) is 1.60. The summed E-state index contributed by atoms with van der Waals surface area (Å²) in [5, 5.41) is 8.84. The summed E-state index contributed by atoms with van der Waals surface area (Å²) in [6.07, 6.45) is 0.573. The maximum absolute atomic E-state index is 12.3. The van der Waals surface area contributed by atoms with Crippen LogP contribution >= 0.6 is 11.6 Å². The van der Waals surface area contributed by atoms with Gasteiger partial charge in [0, 0.05) is 23.6 Å². The minimum absolute atomic E-state index is 0.126. The summed E-state index contributed by atoms with van der Waals surface area (Å²) >= 11 is 5.82. The average Bonchev–Trinajstić information content (AvgIpc) is 2.58. The Labute approximate surface area is 138 Å². The van der Waals surface area contributed by atoms with E-state index in [4.69, 9.17) is 11.6 Å². The van der Waals surface area contributed by atoms with Crippen LogP contribution in [0.5, 0.6) is 0 Å². The molecule has 1 aliphatic rings. The molecule has 23 heavy (non-hydrogen) atoms. The largest absolute Gasteiger partial charge is 0.321 e. The van der Waals surface area contributed by atoms with E-state index in [0.717, 1.165) is 0 Å². The van der Waals surface area contributed by atoms with E-state index >= 15 is 0 Å². The molecule has 1 N–H and O–H groups in total. The smallest absolute Gasteiger partial charge is 0.271 e. The highest BCUT2D eigenvalue weighted by molar-refractivity contribution is 6.44. The van der Waals surface area contributed by atoms with E-state index in [1.165, 1.54) is 5.01 Å². The van der Waals surface area contributed by atoms with Gasteiger partial charge < -0.3 is 5.32 Å². The van der Waals surface area contributed by atoms with Crippen molar-refractivity contribution < 1.29 is 9.59 Å². The second-order valence-corrected chi connectivity index (χ2v) is 5.49. The van der Waals surface area contributed by atoms with E-state index in [1.54, 1.807) is 36.4 Å². The van der Waals surface area contributed by atoms with E-state index in [1.807, 2.05) is 18.2 Å². The fourth-order valence-corrected chi connectivity index (χ4v) is 2.35. The maximum atomic E-state index is 12.3. The van der Waals surface area contributed by atoms with Gasteiger partial charge in [0.15, 0.2) is 0 Å². The highest BCUT2D eigenvalue weighted by Crippen LogP contribution is 2.20. The van der Waals surface area contributed by atoms with Crippen LogP contribution in [-0.2, 0) is 9.59 Å². The molecule has 0 bridgehead atoms. The number of nitrogens with zero attached hydrogens (tertiary/aromatic N) is 2. The molecule has 2 amide bonds. The van der Waals surface area contributed by atoms with Crippen molar-refractivity contribution in [3.63, 3.8) is 0 Å². The second-order valence-electron chi connectivity index (χ2n) is 5.05. The normalized spacial score (nSPS) is 14.4. The predicted octanol–water partition coefficient (Wildman–Crippen LogP) is 3.46. The van der Waals surface area contributed by atoms with Crippen LogP contribution in [0.15, 0.2) is 59.7 Å². The monoisotopic (exact) mass is 327 g/mol. The quantitative estimate of drug-likeness (QED) is 0.938. The van der Waals surface area contributed by atoms with Gasteiger partial charge in [0.2, 0.25) is 5.91 Å². The van der Waals surface area contributed by atoms with Crippen molar-refractivity contribution in [2.24, 2.45) is 5.10 Å². The number of hydrazone groups is 1. The van der Waals surface area contributed by atoms with E-state index in [2.05, 4.69) is 10.4 Å². The van der Waals surface area contributed by atoms with Crippen LogP contribution in [0.25, 0.3) is 0 Å². The zero-order valence-electron chi connectivity index (χ0n) is 12.2. The molecule has 1 heterocycles. The lowest BCUT2D eigenvalue weighted by Gasteiger charge is -2.23. The lowest BCUT2D eigenvalue weighted by molar-refractivity contribution is -0.118. The number of hydrogen-bond donors (Lipinski definition) is 1. The van der Waals surface area contributed by atoms with Crippen molar-refractivity contribution in [3.05, 3.63) is 59.6 Å². The first-order valence-corrected chi connectivity index (χ1v) is 7.54. The molecule has 0 aliphatic carbocycles. The molecule has 0 aromatic heterocycles. The Morgan fingerprint density at radius 3 is 2.43 bits per heavy atom. The van der Waals surface area contributed by atoms with Crippen LogP contribution in [0.1, 0.15) is 12.8 Å². The molecule has 0 spiro atoms. The highest BCUT2D eigenvalue weighted by atomic mass is 35.5. The number of benzene rings is 2. The van der Waals surface area contributed by atoms with Gasteiger partial charge in [-0.3, -0.25) is 9.59 Å². The number of nitrogens with one attached hydrogen (secondary N) is 1. The van der Waals surface area contributed by atoms with Crippen LogP contribution in [0, 0.1) is 0 Å². The number of hydrogen-bond acceptors (Lipinski definition) is 3. The van der Waals surface area contributed by atoms with Crippen LogP contribution in [0.2, 0.25) is 5.02 Å². The van der Waals surface area contributed by atoms with Crippen molar-refractivity contribution in [2.45, 2.75) is 12.8 Å². The molecule has 2 aromatic carbocycles. The Bertz CT molecular complexity index is 757. The third-order valence-electron chi connectivity index (χ3n) is 3.40. The average molecular weight is 328 g/mol. The number of anilines is 2. The zero-order valence-corrected chi connectivity index (χ0v) is 13.0. The van der Waals surface area contributed by atoms with Gasteiger partial charge in [-0.25, -0.2) is 5.01 Å². The maximum Gasteiger partial charge on any atom is 0.271 e. The number of carbonyl (C=O) groups is 2. The fraction of sp³-hybridized carbons (Fsp3) is 0.118. The van der Waals surface area contributed by atoms with Gasteiger partial charge in [-0.15, -0.1) is 0 Å². The molecule has 0 saturated carbocycles. The molecule has 0 unspecified atom stereocenters. The fourth-order valence-electron chi connectivity index (χ4n) is 2.22. The van der Waals surface area contributed by atoms with Gasteiger partial charge in [0.1, 0.15) is 5.71 Å². The summed E-state index contributed by atoms with van der Waals surface area (Å²) in [4.78, 5) is 24.4. The molecule has 0 fully saturated rings. The van der Waals surface area contributed by atoms with E-state index in [0.29, 0.717) is 28.5 Å². The van der Waals surface area contributed by atoms with Crippen molar-refractivity contribution >= 4 is 40.5 Å². The summed E-state index contributed by atoms with van der Waals surface area (Å²) in [6, 6.07) is 15.9. The Kier molecular flexibility index (Phi) is 4.39. The van der Waals surface area contributed by atoms with Crippen LogP contribution in [0.3, 0.4) is 0 Å². The van der Waals surface area contributed by atoms with Crippen molar-refractivity contribution in [1.29, 1.82) is 0 Å². The van der Waals surface area contributed by atoms with Crippen molar-refractivity contribution in [3.8, 4) is 0 Å². The van der Waals surface area contributed by atoms with E-state index < -0.39 is 0 Å². The van der Waals surface area contributed by atoms with Crippen LogP contribution < -0.4 is 10.3 Å².